The number of alkyl halides is 3. The Morgan fingerprint density at radius 3 is 2.14 bits per heavy atom. The lowest BCUT2D eigenvalue weighted by Crippen LogP contribution is -2.41. The third-order valence-corrected chi connectivity index (χ3v) is 2.21. The third-order valence-electron chi connectivity index (χ3n) is 2.21. The molecule has 0 aromatic heterocycles. The standard InChI is InChI=1S/C9H19F3N2/c1-3-5-14(4-2)7-8(6-13)9(10,11)12/h8H,3-7,13H2,1-2H3. The quantitative estimate of drug-likeness (QED) is 0.728. The van der Waals surface area contributed by atoms with E-state index in [1.165, 1.54) is 0 Å². The molecule has 0 saturated heterocycles. The SMILES string of the molecule is CCCN(CC)CC(CN)C(F)(F)F. The highest BCUT2D eigenvalue weighted by Gasteiger charge is 2.39. The van der Waals surface area contributed by atoms with Crippen LogP contribution in [0.3, 0.4) is 0 Å². The smallest absolute Gasteiger partial charge is 0.330 e. The normalized spacial score (nSPS) is 14.8. The molecule has 0 spiro atoms. The first-order valence-corrected chi connectivity index (χ1v) is 4.94. The molecule has 0 aliphatic rings. The number of halogens is 3. The van der Waals surface area contributed by atoms with Gasteiger partial charge in [0.25, 0.3) is 0 Å². The number of hydrogen-bond donors (Lipinski definition) is 1. The Hall–Kier alpha value is -0.290. The Labute approximate surface area is 83.3 Å². The maximum absolute atomic E-state index is 12.4. The van der Waals surface area contributed by atoms with Crippen molar-refractivity contribution in [3.05, 3.63) is 0 Å². The Kier molecular flexibility index (Phi) is 6.11. The summed E-state index contributed by atoms with van der Waals surface area (Å²) in [4.78, 5) is 1.78. The van der Waals surface area contributed by atoms with Gasteiger partial charge < -0.3 is 10.6 Å². The maximum Gasteiger partial charge on any atom is 0.394 e. The molecule has 2 N–H and O–H groups in total. The highest BCUT2D eigenvalue weighted by Crippen LogP contribution is 2.26. The van der Waals surface area contributed by atoms with E-state index in [1.807, 2.05) is 13.8 Å². The van der Waals surface area contributed by atoms with E-state index < -0.39 is 12.1 Å². The van der Waals surface area contributed by atoms with Gasteiger partial charge in [-0.3, -0.25) is 0 Å². The molecule has 0 amide bonds. The van der Waals surface area contributed by atoms with Crippen molar-refractivity contribution in [2.75, 3.05) is 26.2 Å². The predicted molar refractivity (Wildman–Crippen MR) is 51.0 cm³/mol. The van der Waals surface area contributed by atoms with Gasteiger partial charge in [-0.2, -0.15) is 13.2 Å². The fraction of sp³-hybridized carbons (Fsp3) is 1.00. The van der Waals surface area contributed by atoms with Crippen molar-refractivity contribution < 1.29 is 13.2 Å². The van der Waals surface area contributed by atoms with Crippen molar-refractivity contribution in [2.24, 2.45) is 11.7 Å². The molecule has 1 atom stereocenters. The molecular weight excluding hydrogens is 193 g/mol. The van der Waals surface area contributed by atoms with Gasteiger partial charge in [0.15, 0.2) is 0 Å². The molecule has 0 heterocycles. The van der Waals surface area contributed by atoms with Gasteiger partial charge >= 0.3 is 6.18 Å². The predicted octanol–water partition coefficient (Wildman–Crippen LogP) is 1.86. The molecule has 0 rings (SSSR count). The van der Waals surface area contributed by atoms with E-state index in [0.29, 0.717) is 13.1 Å². The second-order valence-corrected chi connectivity index (χ2v) is 3.37. The van der Waals surface area contributed by atoms with E-state index in [0.717, 1.165) is 6.42 Å². The number of nitrogens with zero attached hydrogens (tertiary/aromatic N) is 1. The zero-order chi connectivity index (χ0) is 11.2. The Morgan fingerprint density at radius 2 is 1.86 bits per heavy atom. The van der Waals surface area contributed by atoms with Crippen LogP contribution in [0.15, 0.2) is 0 Å². The van der Waals surface area contributed by atoms with Gasteiger partial charge in [-0.25, -0.2) is 0 Å². The molecule has 0 fully saturated rings. The summed E-state index contributed by atoms with van der Waals surface area (Å²) in [7, 11) is 0. The molecule has 0 aromatic carbocycles. The highest BCUT2D eigenvalue weighted by molar-refractivity contribution is 4.72. The number of nitrogens with two attached hydrogens (primary N) is 1. The molecule has 0 aromatic rings. The highest BCUT2D eigenvalue weighted by atomic mass is 19.4. The van der Waals surface area contributed by atoms with Gasteiger partial charge in [0.1, 0.15) is 0 Å². The minimum absolute atomic E-state index is 0.0182. The summed E-state index contributed by atoms with van der Waals surface area (Å²) in [6, 6.07) is 0. The van der Waals surface area contributed by atoms with E-state index >= 15 is 0 Å². The molecule has 86 valence electrons. The molecule has 0 saturated carbocycles. The minimum Gasteiger partial charge on any atom is -0.330 e. The monoisotopic (exact) mass is 212 g/mol. The van der Waals surface area contributed by atoms with Gasteiger partial charge in [-0.15, -0.1) is 0 Å². The summed E-state index contributed by atoms with van der Waals surface area (Å²) in [5.41, 5.74) is 5.11. The van der Waals surface area contributed by atoms with Crippen molar-refractivity contribution in [3.63, 3.8) is 0 Å². The van der Waals surface area contributed by atoms with Gasteiger partial charge in [-0.1, -0.05) is 13.8 Å². The summed E-state index contributed by atoms with van der Waals surface area (Å²) >= 11 is 0. The maximum atomic E-state index is 12.4. The Bertz CT molecular complexity index is 147. The first kappa shape index (κ1) is 13.7. The molecule has 0 aliphatic carbocycles. The molecule has 14 heavy (non-hydrogen) atoms. The fourth-order valence-electron chi connectivity index (χ4n) is 1.32. The van der Waals surface area contributed by atoms with E-state index in [2.05, 4.69) is 0 Å². The lowest BCUT2D eigenvalue weighted by Gasteiger charge is -2.26. The summed E-state index contributed by atoms with van der Waals surface area (Å²) in [5, 5.41) is 0. The van der Waals surface area contributed by atoms with Crippen LogP contribution < -0.4 is 5.73 Å². The van der Waals surface area contributed by atoms with Crippen molar-refractivity contribution in [1.29, 1.82) is 0 Å². The zero-order valence-corrected chi connectivity index (χ0v) is 8.77. The van der Waals surface area contributed by atoms with Gasteiger partial charge in [0.2, 0.25) is 0 Å². The van der Waals surface area contributed by atoms with Crippen LogP contribution in [0.25, 0.3) is 0 Å². The number of rotatable bonds is 6. The van der Waals surface area contributed by atoms with Crippen LogP contribution in [0, 0.1) is 5.92 Å². The van der Waals surface area contributed by atoms with E-state index in [-0.39, 0.29) is 13.1 Å². The zero-order valence-electron chi connectivity index (χ0n) is 8.77. The van der Waals surface area contributed by atoms with Gasteiger partial charge in [-0.05, 0) is 19.5 Å². The summed E-state index contributed by atoms with van der Waals surface area (Å²) in [5.74, 6) is -1.39. The van der Waals surface area contributed by atoms with Crippen molar-refractivity contribution in [1.82, 2.24) is 4.90 Å². The Morgan fingerprint density at radius 1 is 1.29 bits per heavy atom. The molecule has 5 heteroatoms. The van der Waals surface area contributed by atoms with Crippen LogP contribution in [0.1, 0.15) is 20.3 Å². The summed E-state index contributed by atoms with van der Waals surface area (Å²) < 4.78 is 37.1. The van der Waals surface area contributed by atoms with Crippen molar-refractivity contribution >= 4 is 0 Å². The molecule has 0 radical (unpaired) electrons. The van der Waals surface area contributed by atoms with Crippen LogP contribution in [0.5, 0.6) is 0 Å². The average molecular weight is 212 g/mol. The van der Waals surface area contributed by atoms with E-state index in [1.54, 1.807) is 4.90 Å². The molecule has 2 nitrogen and oxygen atoms in total. The lowest BCUT2D eigenvalue weighted by molar-refractivity contribution is -0.176. The fourth-order valence-corrected chi connectivity index (χ4v) is 1.32. The first-order chi connectivity index (χ1) is 6.45. The second kappa shape index (κ2) is 6.24. The topological polar surface area (TPSA) is 29.3 Å². The molecule has 0 aliphatic heterocycles. The third kappa shape index (κ3) is 4.81. The van der Waals surface area contributed by atoms with Gasteiger partial charge in [0.05, 0.1) is 5.92 Å². The van der Waals surface area contributed by atoms with E-state index in [4.69, 9.17) is 5.73 Å². The molecular formula is C9H19F3N2. The first-order valence-electron chi connectivity index (χ1n) is 4.94. The average Bonchev–Trinajstić information content (AvgIpc) is 2.10. The largest absolute Gasteiger partial charge is 0.394 e. The second-order valence-electron chi connectivity index (χ2n) is 3.37. The van der Waals surface area contributed by atoms with Crippen LogP contribution in [-0.4, -0.2) is 37.3 Å². The minimum atomic E-state index is -4.17. The van der Waals surface area contributed by atoms with Crippen LogP contribution >= 0.6 is 0 Å². The Balaban J connectivity index is 4.14. The number of hydrogen-bond acceptors (Lipinski definition) is 2. The van der Waals surface area contributed by atoms with Crippen molar-refractivity contribution in [3.8, 4) is 0 Å². The summed E-state index contributed by atoms with van der Waals surface area (Å²) in [6.45, 7) is 4.84. The molecule has 1 unspecified atom stereocenters. The van der Waals surface area contributed by atoms with E-state index in [9.17, 15) is 13.2 Å². The van der Waals surface area contributed by atoms with Crippen molar-refractivity contribution in [2.45, 2.75) is 26.4 Å². The van der Waals surface area contributed by atoms with Crippen LogP contribution in [0.2, 0.25) is 0 Å². The van der Waals surface area contributed by atoms with Crippen LogP contribution in [0.4, 0.5) is 13.2 Å². The lowest BCUT2D eigenvalue weighted by atomic mass is 10.1. The van der Waals surface area contributed by atoms with Gasteiger partial charge in [0, 0.05) is 13.1 Å². The molecule has 0 bridgehead atoms. The van der Waals surface area contributed by atoms with Crippen LogP contribution in [-0.2, 0) is 0 Å². The summed E-state index contributed by atoms with van der Waals surface area (Å²) in [6.07, 6.45) is -3.31.